The number of hydrogen-bond acceptors (Lipinski definition) is 5. The average Bonchev–Trinajstić information content (AvgIpc) is 2.70. The van der Waals surface area contributed by atoms with Crippen molar-refractivity contribution in [2.24, 2.45) is 0 Å². The number of carbonyl (C=O) groups excluding carboxylic acids is 2. The first-order valence-electron chi connectivity index (χ1n) is 9.63. The molecule has 0 aliphatic heterocycles. The number of amides is 2. The molecule has 0 saturated carbocycles. The van der Waals surface area contributed by atoms with E-state index in [0.717, 1.165) is 5.69 Å². The van der Waals surface area contributed by atoms with Crippen LogP contribution in [-0.4, -0.2) is 38.7 Å². The van der Waals surface area contributed by atoms with Gasteiger partial charge in [-0.25, -0.2) is 0 Å². The summed E-state index contributed by atoms with van der Waals surface area (Å²) in [4.78, 5) is 25.8. The molecule has 0 radical (unpaired) electrons. The summed E-state index contributed by atoms with van der Waals surface area (Å²) in [6.07, 6.45) is 0. The molecule has 0 atom stereocenters. The number of nitrogens with zero attached hydrogens (tertiary/aromatic N) is 1. The van der Waals surface area contributed by atoms with E-state index in [9.17, 15) is 9.59 Å². The van der Waals surface area contributed by atoms with E-state index < -0.39 is 0 Å². The van der Waals surface area contributed by atoms with Gasteiger partial charge in [-0.3, -0.25) is 9.59 Å². The van der Waals surface area contributed by atoms with Gasteiger partial charge in [0.1, 0.15) is 0 Å². The van der Waals surface area contributed by atoms with E-state index in [-0.39, 0.29) is 11.8 Å². The maximum Gasteiger partial charge on any atom is 0.255 e. The second-order valence-corrected chi connectivity index (χ2v) is 6.18. The van der Waals surface area contributed by atoms with Crippen LogP contribution in [0.2, 0.25) is 0 Å². The smallest absolute Gasteiger partial charge is 0.255 e. The zero-order valence-electron chi connectivity index (χ0n) is 17.6. The Labute approximate surface area is 171 Å². The van der Waals surface area contributed by atoms with Crippen molar-refractivity contribution in [1.82, 2.24) is 0 Å². The van der Waals surface area contributed by atoms with Crippen LogP contribution < -0.4 is 24.4 Å². The first-order chi connectivity index (χ1) is 13.9. The Morgan fingerprint density at radius 1 is 0.897 bits per heavy atom. The fraction of sp³-hybridized carbons (Fsp3) is 0.364. The van der Waals surface area contributed by atoms with E-state index in [2.05, 4.69) is 5.32 Å². The van der Waals surface area contributed by atoms with Gasteiger partial charge < -0.3 is 24.4 Å². The summed E-state index contributed by atoms with van der Waals surface area (Å²) in [6, 6.07) is 10.3. The van der Waals surface area contributed by atoms with E-state index in [4.69, 9.17) is 14.2 Å². The van der Waals surface area contributed by atoms with E-state index in [1.807, 2.05) is 20.8 Å². The highest BCUT2D eigenvalue weighted by Crippen LogP contribution is 2.39. The van der Waals surface area contributed by atoms with Gasteiger partial charge in [0.15, 0.2) is 11.5 Å². The summed E-state index contributed by atoms with van der Waals surface area (Å²) in [5.74, 6) is 1.04. The molecule has 2 aromatic carbocycles. The molecule has 0 heterocycles. The summed E-state index contributed by atoms with van der Waals surface area (Å²) in [5, 5.41) is 2.85. The van der Waals surface area contributed by atoms with Crippen molar-refractivity contribution >= 4 is 23.2 Å². The Bertz CT molecular complexity index is 822. The molecule has 156 valence electrons. The normalized spacial score (nSPS) is 10.2. The zero-order chi connectivity index (χ0) is 21.4. The molecule has 0 aromatic heterocycles. The first kappa shape index (κ1) is 22.1. The van der Waals surface area contributed by atoms with Gasteiger partial charge in [0, 0.05) is 30.9 Å². The Morgan fingerprint density at radius 2 is 1.41 bits per heavy atom. The van der Waals surface area contributed by atoms with Gasteiger partial charge in [-0.15, -0.1) is 0 Å². The molecule has 2 amide bonds. The van der Waals surface area contributed by atoms with Gasteiger partial charge in [-0.1, -0.05) is 0 Å². The third-order valence-electron chi connectivity index (χ3n) is 4.16. The Kier molecular flexibility index (Phi) is 7.88. The van der Waals surface area contributed by atoms with E-state index >= 15 is 0 Å². The van der Waals surface area contributed by atoms with Crippen LogP contribution in [0.4, 0.5) is 11.4 Å². The standard InChI is InChI=1S/C22H28N2O5/c1-6-27-19-13-16(14-20(28-7-2)21(19)29-8-3)22(26)23-17-9-11-18(12-10-17)24(5)15(4)25/h9-14H,6-8H2,1-5H3,(H,23,26). The van der Waals surface area contributed by atoms with Crippen LogP contribution in [0.3, 0.4) is 0 Å². The lowest BCUT2D eigenvalue weighted by Gasteiger charge is -2.17. The predicted molar refractivity (Wildman–Crippen MR) is 113 cm³/mol. The molecule has 0 fully saturated rings. The van der Waals surface area contributed by atoms with Crippen LogP contribution in [0.25, 0.3) is 0 Å². The summed E-state index contributed by atoms with van der Waals surface area (Å²) in [7, 11) is 1.69. The summed E-state index contributed by atoms with van der Waals surface area (Å²) >= 11 is 0. The monoisotopic (exact) mass is 400 g/mol. The SMILES string of the molecule is CCOc1cc(C(=O)Nc2ccc(N(C)C(C)=O)cc2)cc(OCC)c1OCC. The number of anilines is 2. The predicted octanol–water partition coefficient (Wildman–Crippen LogP) is 4.12. The third kappa shape index (κ3) is 5.63. The van der Waals surface area contributed by atoms with Gasteiger partial charge in [-0.2, -0.15) is 0 Å². The topological polar surface area (TPSA) is 77.1 Å². The van der Waals surface area contributed by atoms with Crippen molar-refractivity contribution in [2.75, 3.05) is 37.1 Å². The van der Waals surface area contributed by atoms with Crippen molar-refractivity contribution < 1.29 is 23.8 Å². The van der Waals surface area contributed by atoms with Gasteiger partial charge >= 0.3 is 0 Å². The van der Waals surface area contributed by atoms with Crippen molar-refractivity contribution in [3.8, 4) is 17.2 Å². The molecule has 0 saturated heterocycles. The van der Waals surface area contributed by atoms with Gasteiger partial charge in [0.25, 0.3) is 5.91 Å². The molecular formula is C22H28N2O5. The molecule has 7 nitrogen and oxygen atoms in total. The first-order valence-corrected chi connectivity index (χ1v) is 9.63. The van der Waals surface area contributed by atoms with Crippen LogP contribution in [0.1, 0.15) is 38.1 Å². The van der Waals surface area contributed by atoms with Crippen molar-refractivity contribution in [3.63, 3.8) is 0 Å². The zero-order valence-corrected chi connectivity index (χ0v) is 17.6. The largest absolute Gasteiger partial charge is 0.490 e. The highest BCUT2D eigenvalue weighted by molar-refractivity contribution is 6.05. The Hall–Kier alpha value is -3.22. The Balaban J connectivity index is 2.28. The van der Waals surface area contributed by atoms with Crippen molar-refractivity contribution in [3.05, 3.63) is 42.0 Å². The minimum Gasteiger partial charge on any atom is -0.490 e. The molecule has 2 rings (SSSR count). The summed E-state index contributed by atoms with van der Waals surface area (Å²) in [6.45, 7) is 8.41. The molecule has 0 aliphatic rings. The molecule has 0 aliphatic carbocycles. The second kappa shape index (κ2) is 10.4. The van der Waals surface area contributed by atoms with E-state index in [1.54, 1.807) is 43.4 Å². The third-order valence-corrected chi connectivity index (χ3v) is 4.16. The maximum absolute atomic E-state index is 12.8. The van der Waals surface area contributed by atoms with E-state index in [1.165, 1.54) is 11.8 Å². The Morgan fingerprint density at radius 3 is 1.86 bits per heavy atom. The molecular weight excluding hydrogens is 372 g/mol. The number of benzene rings is 2. The molecule has 29 heavy (non-hydrogen) atoms. The lowest BCUT2D eigenvalue weighted by Crippen LogP contribution is -2.22. The molecule has 7 heteroatoms. The number of nitrogens with one attached hydrogen (secondary N) is 1. The number of carbonyl (C=O) groups is 2. The van der Waals surface area contributed by atoms with Gasteiger partial charge in [0.05, 0.1) is 19.8 Å². The van der Waals surface area contributed by atoms with Gasteiger partial charge in [0.2, 0.25) is 11.7 Å². The summed E-state index contributed by atoms with van der Waals surface area (Å²) in [5.41, 5.74) is 1.75. The maximum atomic E-state index is 12.8. The molecule has 0 spiro atoms. The van der Waals surface area contributed by atoms with Crippen LogP contribution in [0.5, 0.6) is 17.2 Å². The minimum atomic E-state index is -0.303. The lowest BCUT2D eigenvalue weighted by atomic mass is 10.1. The van der Waals surface area contributed by atoms with Crippen LogP contribution in [0, 0.1) is 0 Å². The fourth-order valence-electron chi connectivity index (χ4n) is 2.67. The van der Waals surface area contributed by atoms with Crippen LogP contribution >= 0.6 is 0 Å². The van der Waals surface area contributed by atoms with Crippen LogP contribution in [0.15, 0.2) is 36.4 Å². The second-order valence-electron chi connectivity index (χ2n) is 6.18. The molecule has 0 unspecified atom stereocenters. The number of hydrogen-bond donors (Lipinski definition) is 1. The fourth-order valence-corrected chi connectivity index (χ4v) is 2.67. The number of rotatable bonds is 9. The van der Waals surface area contributed by atoms with Crippen LogP contribution in [-0.2, 0) is 4.79 Å². The van der Waals surface area contributed by atoms with Crippen molar-refractivity contribution in [2.45, 2.75) is 27.7 Å². The van der Waals surface area contributed by atoms with Crippen molar-refractivity contribution in [1.29, 1.82) is 0 Å². The lowest BCUT2D eigenvalue weighted by molar-refractivity contribution is -0.116. The average molecular weight is 400 g/mol. The highest BCUT2D eigenvalue weighted by Gasteiger charge is 2.18. The minimum absolute atomic E-state index is 0.0666. The summed E-state index contributed by atoms with van der Waals surface area (Å²) < 4.78 is 17.0. The molecule has 0 bridgehead atoms. The van der Waals surface area contributed by atoms with Gasteiger partial charge in [-0.05, 0) is 57.2 Å². The number of ether oxygens (including phenoxy) is 3. The molecule has 1 N–H and O–H groups in total. The van der Waals surface area contributed by atoms with E-state index in [0.29, 0.717) is 48.3 Å². The molecule has 2 aromatic rings. The quantitative estimate of drug-likeness (QED) is 0.685. The highest BCUT2D eigenvalue weighted by atomic mass is 16.5.